The molecule has 0 unspecified atom stereocenters. The molecule has 0 saturated heterocycles. The lowest BCUT2D eigenvalue weighted by atomic mass is 10.2. The van der Waals surface area contributed by atoms with Gasteiger partial charge in [0.25, 0.3) is 10.0 Å². The minimum atomic E-state index is -3.82. The second-order valence-electron chi connectivity index (χ2n) is 5.32. The van der Waals surface area contributed by atoms with E-state index in [1.54, 1.807) is 66.7 Å². The Labute approximate surface area is 155 Å². The quantitative estimate of drug-likeness (QED) is 0.660. The van der Waals surface area contributed by atoms with Gasteiger partial charge in [-0.1, -0.05) is 54.2 Å². The monoisotopic (exact) mass is 385 g/mol. The molecule has 3 aromatic rings. The maximum absolute atomic E-state index is 12.8. The molecule has 0 aliphatic rings. The van der Waals surface area contributed by atoms with Crippen molar-refractivity contribution in [1.82, 2.24) is 0 Å². The zero-order valence-electron chi connectivity index (χ0n) is 13.5. The van der Waals surface area contributed by atoms with Crippen LogP contribution in [-0.2, 0) is 10.0 Å². The fourth-order valence-corrected chi connectivity index (χ4v) is 4.89. The summed E-state index contributed by atoms with van der Waals surface area (Å²) in [6.45, 7) is 0. The molecule has 3 rings (SSSR count). The van der Waals surface area contributed by atoms with Crippen molar-refractivity contribution >= 4 is 33.4 Å². The number of hydrogen-bond acceptors (Lipinski definition) is 4. The lowest BCUT2D eigenvalue weighted by molar-refractivity contribution is 0.0693. The molecule has 132 valence electrons. The number of benzene rings is 3. The number of aromatic carboxylic acids is 1. The van der Waals surface area contributed by atoms with Crippen LogP contribution < -0.4 is 4.72 Å². The summed E-state index contributed by atoms with van der Waals surface area (Å²) in [7, 11) is -3.82. The van der Waals surface area contributed by atoms with E-state index in [9.17, 15) is 18.3 Å². The van der Waals surface area contributed by atoms with Gasteiger partial charge in [0.1, 0.15) is 4.90 Å². The van der Waals surface area contributed by atoms with Crippen molar-refractivity contribution < 1.29 is 18.3 Å². The second kappa shape index (κ2) is 7.63. The van der Waals surface area contributed by atoms with Gasteiger partial charge in [0, 0.05) is 15.5 Å². The number of nitrogens with one attached hydrogen (secondary N) is 1. The van der Waals surface area contributed by atoms with E-state index in [1.807, 2.05) is 0 Å². The number of carboxylic acids is 1. The Morgan fingerprint density at radius 3 is 2.08 bits per heavy atom. The third-order valence-corrected chi connectivity index (χ3v) is 6.22. The van der Waals surface area contributed by atoms with E-state index in [0.717, 1.165) is 11.8 Å². The highest BCUT2D eigenvalue weighted by atomic mass is 32.2. The molecule has 0 aliphatic heterocycles. The van der Waals surface area contributed by atoms with Crippen LogP contribution in [0.2, 0.25) is 0 Å². The van der Waals surface area contributed by atoms with Crippen molar-refractivity contribution in [2.75, 3.05) is 4.72 Å². The summed E-state index contributed by atoms with van der Waals surface area (Å²) in [6, 6.07) is 21.6. The summed E-state index contributed by atoms with van der Waals surface area (Å²) >= 11 is 1.11. The van der Waals surface area contributed by atoms with Crippen LogP contribution in [0.3, 0.4) is 0 Å². The summed E-state index contributed by atoms with van der Waals surface area (Å²) in [5, 5.41) is 9.32. The standard InChI is InChI=1S/C19H15NO4S2/c21-19(22)15-10-4-5-11-16(15)25-17-12-6-7-13-18(17)26(23,24)20-14-8-2-1-3-9-14/h1-13,20H,(H,21,22). The van der Waals surface area contributed by atoms with Gasteiger partial charge in [0.05, 0.1) is 5.56 Å². The third kappa shape index (κ3) is 4.07. The fourth-order valence-electron chi connectivity index (χ4n) is 2.32. The van der Waals surface area contributed by atoms with Gasteiger partial charge in [0.2, 0.25) is 0 Å². The lowest BCUT2D eigenvalue weighted by Gasteiger charge is -2.13. The van der Waals surface area contributed by atoms with Crippen LogP contribution >= 0.6 is 11.8 Å². The Bertz CT molecular complexity index is 1030. The Morgan fingerprint density at radius 2 is 1.38 bits per heavy atom. The predicted octanol–water partition coefficient (Wildman–Crippen LogP) is 4.34. The molecule has 0 bridgehead atoms. The molecule has 0 saturated carbocycles. The number of carbonyl (C=O) groups is 1. The van der Waals surface area contributed by atoms with Crippen LogP contribution in [0.4, 0.5) is 5.69 Å². The number of carboxylic acid groups (broad SMARTS) is 1. The molecular formula is C19H15NO4S2. The van der Waals surface area contributed by atoms with Crippen molar-refractivity contribution in [1.29, 1.82) is 0 Å². The van der Waals surface area contributed by atoms with Gasteiger partial charge < -0.3 is 5.11 Å². The number of sulfonamides is 1. The normalized spacial score (nSPS) is 11.1. The highest BCUT2D eigenvalue weighted by Crippen LogP contribution is 2.35. The van der Waals surface area contributed by atoms with Crippen molar-refractivity contribution in [3.63, 3.8) is 0 Å². The topological polar surface area (TPSA) is 83.5 Å². The molecular weight excluding hydrogens is 370 g/mol. The highest BCUT2D eigenvalue weighted by molar-refractivity contribution is 8.00. The predicted molar refractivity (Wildman–Crippen MR) is 101 cm³/mol. The van der Waals surface area contributed by atoms with Crippen LogP contribution in [0.15, 0.2) is 93.5 Å². The minimum Gasteiger partial charge on any atom is -0.478 e. The van der Waals surface area contributed by atoms with E-state index in [0.29, 0.717) is 15.5 Å². The maximum Gasteiger partial charge on any atom is 0.336 e. The van der Waals surface area contributed by atoms with Crippen LogP contribution in [-0.4, -0.2) is 19.5 Å². The first-order chi connectivity index (χ1) is 12.5. The second-order valence-corrected chi connectivity index (χ2v) is 8.06. The summed E-state index contributed by atoms with van der Waals surface area (Å²) < 4.78 is 28.1. The average Bonchev–Trinajstić information content (AvgIpc) is 2.63. The molecule has 5 nitrogen and oxygen atoms in total. The smallest absolute Gasteiger partial charge is 0.336 e. The van der Waals surface area contributed by atoms with E-state index in [2.05, 4.69) is 4.72 Å². The number of rotatable bonds is 6. The van der Waals surface area contributed by atoms with Gasteiger partial charge in [-0.05, 0) is 36.4 Å². The molecule has 0 heterocycles. The van der Waals surface area contributed by atoms with Gasteiger partial charge >= 0.3 is 5.97 Å². The zero-order valence-corrected chi connectivity index (χ0v) is 15.1. The van der Waals surface area contributed by atoms with Crippen LogP contribution in [0, 0.1) is 0 Å². The van der Waals surface area contributed by atoms with Crippen molar-refractivity contribution in [2.45, 2.75) is 14.7 Å². The molecule has 2 N–H and O–H groups in total. The van der Waals surface area contributed by atoms with Gasteiger partial charge in [-0.25, -0.2) is 13.2 Å². The van der Waals surface area contributed by atoms with E-state index in [4.69, 9.17) is 0 Å². The van der Waals surface area contributed by atoms with E-state index in [-0.39, 0.29) is 10.5 Å². The molecule has 0 atom stereocenters. The number of anilines is 1. The van der Waals surface area contributed by atoms with Gasteiger partial charge in [-0.3, -0.25) is 4.72 Å². The minimum absolute atomic E-state index is 0.0917. The first-order valence-corrected chi connectivity index (χ1v) is 9.94. The molecule has 0 radical (unpaired) electrons. The summed E-state index contributed by atoms with van der Waals surface area (Å²) in [6.07, 6.45) is 0. The Balaban J connectivity index is 1.98. The fraction of sp³-hybridized carbons (Fsp3) is 0. The van der Waals surface area contributed by atoms with Gasteiger partial charge in [-0.15, -0.1) is 0 Å². The number of hydrogen-bond donors (Lipinski definition) is 2. The maximum atomic E-state index is 12.8. The summed E-state index contributed by atoms with van der Waals surface area (Å²) in [4.78, 5) is 12.4. The Hall–Kier alpha value is -2.77. The van der Waals surface area contributed by atoms with Crippen molar-refractivity contribution in [2.24, 2.45) is 0 Å². The van der Waals surface area contributed by atoms with Crippen molar-refractivity contribution in [3.05, 3.63) is 84.4 Å². The van der Waals surface area contributed by atoms with E-state index < -0.39 is 16.0 Å². The lowest BCUT2D eigenvalue weighted by Crippen LogP contribution is -2.13. The molecule has 3 aromatic carbocycles. The Kier molecular flexibility index (Phi) is 5.29. The molecule has 0 amide bonds. The van der Waals surface area contributed by atoms with E-state index in [1.165, 1.54) is 12.1 Å². The van der Waals surface area contributed by atoms with Crippen LogP contribution in [0.5, 0.6) is 0 Å². The molecule has 0 aromatic heterocycles. The van der Waals surface area contributed by atoms with Crippen LogP contribution in [0.25, 0.3) is 0 Å². The summed E-state index contributed by atoms with van der Waals surface area (Å²) in [5.74, 6) is -1.06. The molecule has 0 aliphatic carbocycles. The SMILES string of the molecule is O=C(O)c1ccccc1Sc1ccccc1S(=O)(=O)Nc1ccccc1. The number of para-hydroxylation sites is 1. The molecule has 0 fully saturated rings. The first kappa shape index (κ1) is 18.0. The third-order valence-electron chi connectivity index (χ3n) is 3.50. The van der Waals surface area contributed by atoms with Crippen LogP contribution in [0.1, 0.15) is 10.4 Å². The molecule has 26 heavy (non-hydrogen) atoms. The zero-order chi connectivity index (χ0) is 18.6. The largest absolute Gasteiger partial charge is 0.478 e. The first-order valence-electron chi connectivity index (χ1n) is 7.64. The van der Waals surface area contributed by atoms with Crippen molar-refractivity contribution in [3.8, 4) is 0 Å². The Morgan fingerprint density at radius 1 is 0.808 bits per heavy atom. The van der Waals surface area contributed by atoms with E-state index >= 15 is 0 Å². The summed E-state index contributed by atoms with van der Waals surface area (Å²) in [5.41, 5.74) is 0.582. The molecule has 0 spiro atoms. The van der Waals surface area contributed by atoms with Gasteiger partial charge in [-0.2, -0.15) is 0 Å². The van der Waals surface area contributed by atoms with Gasteiger partial charge in [0.15, 0.2) is 0 Å². The highest BCUT2D eigenvalue weighted by Gasteiger charge is 2.20. The molecule has 7 heteroatoms. The average molecular weight is 385 g/mol.